The summed E-state index contributed by atoms with van der Waals surface area (Å²) in [7, 11) is 2.08. The quantitative estimate of drug-likeness (QED) is 0.830. The third-order valence-electron chi connectivity index (χ3n) is 3.21. The maximum atomic E-state index is 12.2. The molecule has 0 atom stereocenters. The van der Waals surface area contributed by atoms with Crippen molar-refractivity contribution in [2.24, 2.45) is 0 Å². The van der Waals surface area contributed by atoms with Crippen LogP contribution >= 0.6 is 0 Å². The standard InChI is InChI=1S/C12H20N4O/c1-9(2)10-8-11(14-13-10)12(17)16-6-4-15(3)5-7-16/h8-9H,4-7H2,1-3H3,(H,13,14). The molecule has 94 valence electrons. The van der Waals surface area contributed by atoms with Crippen LogP contribution < -0.4 is 0 Å². The van der Waals surface area contributed by atoms with E-state index in [0.717, 1.165) is 31.9 Å². The summed E-state index contributed by atoms with van der Waals surface area (Å²) in [4.78, 5) is 16.3. The number of aromatic nitrogens is 2. The van der Waals surface area contributed by atoms with E-state index in [2.05, 4.69) is 36.0 Å². The lowest BCUT2D eigenvalue weighted by atomic mass is 10.1. The molecule has 1 aliphatic rings. The zero-order valence-electron chi connectivity index (χ0n) is 10.7. The van der Waals surface area contributed by atoms with Crippen molar-refractivity contribution in [3.8, 4) is 0 Å². The normalized spacial score (nSPS) is 17.8. The van der Waals surface area contributed by atoms with Gasteiger partial charge in [-0.15, -0.1) is 0 Å². The number of likely N-dealkylation sites (N-methyl/N-ethyl adjacent to an activating group) is 1. The number of hydrogen-bond acceptors (Lipinski definition) is 3. The highest BCUT2D eigenvalue weighted by molar-refractivity contribution is 5.92. The first-order valence-corrected chi connectivity index (χ1v) is 6.11. The molecule has 0 spiro atoms. The fourth-order valence-electron chi connectivity index (χ4n) is 1.92. The molecule has 1 aromatic rings. The fraction of sp³-hybridized carbons (Fsp3) is 0.667. The molecule has 0 saturated carbocycles. The minimum Gasteiger partial charge on any atom is -0.335 e. The Morgan fingerprint density at radius 3 is 2.53 bits per heavy atom. The Bertz CT molecular complexity index is 391. The summed E-state index contributed by atoms with van der Waals surface area (Å²) in [5.41, 5.74) is 1.56. The van der Waals surface area contributed by atoms with Crippen LogP contribution in [0.4, 0.5) is 0 Å². The summed E-state index contributed by atoms with van der Waals surface area (Å²) >= 11 is 0. The summed E-state index contributed by atoms with van der Waals surface area (Å²) in [5, 5.41) is 7.00. The highest BCUT2D eigenvalue weighted by Crippen LogP contribution is 2.13. The van der Waals surface area contributed by atoms with E-state index >= 15 is 0 Å². The van der Waals surface area contributed by atoms with Crippen molar-refractivity contribution < 1.29 is 4.79 Å². The van der Waals surface area contributed by atoms with Crippen molar-refractivity contribution in [1.29, 1.82) is 0 Å². The molecule has 1 fully saturated rings. The molecule has 0 unspecified atom stereocenters. The molecule has 5 heteroatoms. The third-order valence-corrected chi connectivity index (χ3v) is 3.21. The average molecular weight is 236 g/mol. The fourth-order valence-corrected chi connectivity index (χ4v) is 1.92. The van der Waals surface area contributed by atoms with Crippen LogP contribution in [0.25, 0.3) is 0 Å². The van der Waals surface area contributed by atoms with Gasteiger partial charge < -0.3 is 9.80 Å². The Hall–Kier alpha value is -1.36. The smallest absolute Gasteiger partial charge is 0.271 e. The van der Waals surface area contributed by atoms with Crippen LogP contribution in [0.15, 0.2) is 6.07 Å². The Morgan fingerprint density at radius 1 is 1.35 bits per heavy atom. The number of H-pyrrole nitrogens is 1. The minimum absolute atomic E-state index is 0.0671. The molecule has 5 nitrogen and oxygen atoms in total. The zero-order valence-corrected chi connectivity index (χ0v) is 10.7. The van der Waals surface area contributed by atoms with Crippen LogP contribution in [0.3, 0.4) is 0 Å². The second-order valence-corrected chi connectivity index (χ2v) is 4.96. The lowest BCUT2D eigenvalue weighted by molar-refractivity contribution is 0.0658. The number of hydrogen-bond donors (Lipinski definition) is 1. The summed E-state index contributed by atoms with van der Waals surface area (Å²) < 4.78 is 0. The van der Waals surface area contributed by atoms with E-state index in [1.165, 1.54) is 0 Å². The number of rotatable bonds is 2. The Morgan fingerprint density at radius 2 is 2.00 bits per heavy atom. The van der Waals surface area contributed by atoms with E-state index in [1.54, 1.807) is 0 Å². The largest absolute Gasteiger partial charge is 0.335 e. The van der Waals surface area contributed by atoms with Crippen LogP contribution in [0.1, 0.15) is 35.9 Å². The number of nitrogens with one attached hydrogen (secondary N) is 1. The topological polar surface area (TPSA) is 52.2 Å². The van der Waals surface area contributed by atoms with Gasteiger partial charge in [0.15, 0.2) is 0 Å². The number of carbonyl (C=O) groups is 1. The Labute approximate surface area is 102 Å². The van der Waals surface area contributed by atoms with Gasteiger partial charge in [-0.3, -0.25) is 9.89 Å². The van der Waals surface area contributed by atoms with E-state index in [1.807, 2.05) is 11.0 Å². The first-order chi connectivity index (χ1) is 8.08. The van der Waals surface area contributed by atoms with E-state index < -0.39 is 0 Å². The molecule has 1 amide bonds. The summed E-state index contributed by atoms with van der Waals surface area (Å²) in [6.07, 6.45) is 0. The van der Waals surface area contributed by atoms with Crippen molar-refractivity contribution >= 4 is 5.91 Å². The third kappa shape index (κ3) is 2.66. The molecule has 17 heavy (non-hydrogen) atoms. The number of amides is 1. The van der Waals surface area contributed by atoms with Gasteiger partial charge in [0.2, 0.25) is 0 Å². The van der Waals surface area contributed by atoms with Crippen LogP contribution in [0.2, 0.25) is 0 Å². The molecule has 2 rings (SSSR count). The first kappa shape index (κ1) is 12.1. The lowest BCUT2D eigenvalue weighted by Gasteiger charge is -2.32. The minimum atomic E-state index is 0.0671. The SMILES string of the molecule is CC(C)c1cc(C(=O)N2CCN(C)CC2)[nH]n1. The van der Waals surface area contributed by atoms with Crippen molar-refractivity contribution in [2.75, 3.05) is 33.2 Å². The van der Waals surface area contributed by atoms with Gasteiger partial charge in [0.1, 0.15) is 5.69 Å². The Kier molecular flexibility index (Phi) is 3.47. The van der Waals surface area contributed by atoms with Gasteiger partial charge in [-0.05, 0) is 19.0 Å². The number of piperazine rings is 1. The molecular formula is C12H20N4O. The Balaban J connectivity index is 2.03. The van der Waals surface area contributed by atoms with Crippen LogP contribution in [0.5, 0.6) is 0 Å². The molecule has 0 radical (unpaired) electrons. The zero-order chi connectivity index (χ0) is 12.4. The molecule has 0 aromatic carbocycles. The predicted molar refractivity (Wildman–Crippen MR) is 66.1 cm³/mol. The molecule has 1 aliphatic heterocycles. The maximum Gasteiger partial charge on any atom is 0.271 e. The molecule has 1 aromatic heterocycles. The highest BCUT2D eigenvalue weighted by Gasteiger charge is 2.22. The molecule has 0 bridgehead atoms. The molecule has 1 N–H and O–H groups in total. The number of aromatic amines is 1. The van der Waals surface area contributed by atoms with Crippen molar-refractivity contribution in [3.05, 3.63) is 17.5 Å². The van der Waals surface area contributed by atoms with Crippen molar-refractivity contribution in [1.82, 2.24) is 20.0 Å². The highest BCUT2D eigenvalue weighted by atomic mass is 16.2. The monoisotopic (exact) mass is 236 g/mol. The van der Waals surface area contributed by atoms with Crippen molar-refractivity contribution in [2.45, 2.75) is 19.8 Å². The van der Waals surface area contributed by atoms with Gasteiger partial charge in [-0.1, -0.05) is 13.8 Å². The van der Waals surface area contributed by atoms with Crippen LogP contribution in [-0.2, 0) is 0 Å². The molecule has 0 aliphatic carbocycles. The number of carbonyl (C=O) groups excluding carboxylic acids is 1. The van der Waals surface area contributed by atoms with Gasteiger partial charge in [0, 0.05) is 26.2 Å². The average Bonchev–Trinajstić information content (AvgIpc) is 2.78. The summed E-state index contributed by atoms with van der Waals surface area (Å²) in [6.45, 7) is 7.62. The van der Waals surface area contributed by atoms with Crippen molar-refractivity contribution in [3.63, 3.8) is 0 Å². The second-order valence-electron chi connectivity index (χ2n) is 4.96. The van der Waals surface area contributed by atoms with E-state index in [4.69, 9.17) is 0 Å². The van der Waals surface area contributed by atoms with E-state index in [0.29, 0.717) is 11.6 Å². The van der Waals surface area contributed by atoms with E-state index in [-0.39, 0.29) is 5.91 Å². The van der Waals surface area contributed by atoms with Gasteiger partial charge >= 0.3 is 0 Å². The summed E-state index contributed by atoms with van der Waals surface area (Å²) in [6, 6.07) is 1.87. The van der Waals surface area contributed by atoms with Gasteiger partial charge in [-0.25, -0.2) is 0 Å². The number of nitrogens with zero attached hydrogens (tertiary/aromatic N) is 3. The second kappa shape index (κ2) is 4.87. The van der Waals surface area contributed by atoms with Crippen LogP contribution in [0, 0.1) is 0 Å². The van der Waals surface area contributed by atoms with E-state index in [9.17, 15) is 4.79 Å². The predicted octanol–water partition coefficient (Wildman–Crippen LogP) is 0.921. The van der Waals surface area contributed by atoms with Gasteiger partial charge in [0.25, 0.3) is 5.91 Å². The van der Waals surface area contributed by atoms with Crippen LogP contribution in [-0.4, -0.2) is 59.1 Å². The van der Waals surface area contributed by atoms with Gasteiger partial charge in [-0.2, -0.15) is 5.10 Å². The molecular weight excluding hydrogens is 216 g/mol. The summed E-state index contributed by atoms with van der Waals surface area (Å²) in [5.74, 6) is 0.415. The molecule has 2 heterocycles. The first-order valence-electron chi connectivity index (χ1n) is 6.11. The maximum absolute atomic E-state index is 12.2. The molecule has 1 saturated heterocycles. The van der Waals surface area contributed by atoms with Gasteiger partial charge in [0.05, 0.1) is 5.69 Å². The lowest BCUT2D eigenvalue weighted by Crippen LogP contribution is -2.47.